The number of benzene rings is 2. The third-order valence-corrected chi connectivity index (χ3v) is 3.38. The van der Waals surface area contributed by atoms with Crippen LogP contribution in [0.1, 0.15) is 26.3 Å². The maximum Gasteiger partial charge on any atom is 0.387 e. The Balaban J connectivity index is 2.05. The summed E-state index contributed by atoms with van der Waals surface area (Å²) in [6, 6.07) is 8.99. The summed E-state index contributed by atoms with van der Waals surface area (Å²) in [7, 11) is 0. The Bertz CT molecular complexity index is 836. The summed E-state index contributed by atoms with van der Waals surface area (Å²) in [5, 5.41) is 11.1. The monoisotopic (exact) mass is 365 g/mol. The molecule has 0 unspecified atom stereocenters. The Labute approximate surface area is 146 Å². The Hall–Kier alpha value is -3.36. The minimum Gasteiger partial charge on any atom is -0.454 e. The number of hydrogen-bond donors (Lipinski definition) is 0. The van der Waals surface area contributed by atoms with Gasteiger partial charge in [0, 0.05) is 11.1 Å². The van der Waals surface area contributed by atoms with Crippen LogP contribution in [0.2, 0.25) is 0 Å². The standard InChI is InChI=1S/C17H13F2NO6/c1-10-3-2-4-13(15(10)20(23)24)16(22)25-9-14(21)11-5-7-12(8-6-11)26-17(18)19/h2-8,17H,9H2,1H3. The van der Waals surface area contributed by atoms with Gasteiger partial charge in [0.1, 0.15) is 11.3 Å². The number of para-hydroxylation sites is 1. The van der Waals surface area contributed by atoms with Crippen LogP contribution in [0.5, 0.6) is 5.75 Å². The van der Waals surface area contributed by atoms with Crippen molar-refractivity contribution in [1.82, 2.24) is 0 Å². The van der Waals surface area contributed by atoms with Crippen molar-refractivity contribution in [2.24, 2.45) is 0 Å². The fourth-order valence-electron chi connectivity index (χ4n) is 2.18. The summed E-state index contributed by atoms with van der Waals surface area (Å²) < 4.78 is 33.1. The fourth-order valence-corrected chi connectivity index (χ4v) is 2.18. The van der Waals surface area contributed by atoms with Gasteiger partial charge < -0.3 is 9.47 Å². The minimum absolute atomic E-state index is 0.109. The molecule has 0 fully saturated rings. The van der Waals surface area contributed by atoms with Gasteiger partial charge in [0.2, 0.25) is 0 Å². The van der Waals surface area contributed by atoms with E-state index in [-0.39, 0.29) is 22.4 Å². The molecule has 0 aliphatic rings. The van der Waals surface area contributed by atoms with Gasteiger partial charge in [-0.3, -0.25) is 14.9 Å². The lowest BCUT2D eigenvalue weighted by Crippen LogP contribution is -2.15. The van der Waals surface area contributed by atoms with Gasteiger partial charge in [-0.15, -0.1) is 0 Å². The van der Waals surface area contributed by atoms with Crippen LogP contribution in [-0.4, -0.2) is 29.9 Å². The van der Waals surface area contributed by atoms with Gasteiger partial charge in [0.15, 0.2) is 12.4 Å². The van der Waals surface area contributed by atoms with Crippen LogP contribution in [0.15, 0.2) is 42.5 Å². The van der Waals surface area contributed by atoms with Gasteiger partial charge in [0.05, 0.1) is 4.92 Å². The van der Waals surface area contributed by atoms with Crippen molar-refractivity contribution in [1.29, 1.82) is 0 Å². The first kappa shape index (κ1) is 19.0. The molecule has 0 aromatic heterocycles. The molecule has 136 valence electrons. The highest BCUT2D eigenvalue weighted by Crippen LogP contribution is 2.24. The fraction of sp³-hybridized carbons (Fsp3) is 0.176. The van der Waals surface area contributed by atoms with E-state index in [9.17, 15) is 28.5 Å². The highest BCUT2D eigenvalue weighted by atomic mass is 19.3. The topological polar surface area (TPSA) is 95.7 Å². The van der Waals surface area contributed by atoms with Gasteiger partial charge >= 0.3 is 12.6 Å². The highest BCUT2D eigenvalue weighted by molar-refractivity contribution is 6.00. The normalized spacial score (nSPS) is 10.5. The van der Waals surface area contributed by atoms with Gasteiger partial charge in [-0.2, -0.15) is 8.78 Å². The quantitative estimate of drug-likeness (QED) is 0.322. The second kappa shape index (κ2) is 8.15. The molecule has 2 aromatic carbocycles. The number of rotatable bonds is 7. The van der Waals surface area contributed by atoms with E-state index in [4.69, 9.17) is 4.74 Å². The van der Waals surface area contributed by atoms with Gasteiger partial charge in [0.25, 0.3) is 5.69 Å². The van der Waals surface area contributed by atoms with Crippen LogP contribution in [0, 0.1) is 17.0 Å². The molecule has 9 heteroatoms. The number of esters is 1. The van der Waals surface area contributed by atoms with Crippen LogP contribution in [0.3, 0.4) is 0 Å². The number of Topliss-reactive ketones (excluding diaryl/α,β-unsaturated/α-hetero) is 1. The first-order valence-electron chi connectivity index (χ1n) is 7.29. The summed E-state index contributed by atoms with van der Waals surface area (Å²) in [5.41, 5.74) is -0.259. The molecule has 0 radical (unpaired) electrons. The van der Waals surface area contributed by atoms with Crippen molar-refractivity contribution >= 4 is 17.4 Å². The molecule has 0 spiro atoms. The zero-order chi connectivity index (χ0) is 19.3. The zero-order valence-electron chi connectivity index (χ0n) is 13.5. The van der Waals surface area contributed by atoms with Crippen LogP contribution in [0.4, 0.5) is 14.5 Å². The molecule has 0 saturated carbocycles. The second-order valence-corrected chi connectivity index (χ2v) is 5.13. The lowest BCUT2D eigenvalue weighted by molar-refractivity contribution is -0.385. The molecule has 0 N–H and O–H groups in total. The van der Waals surface area contributed by atoms with Crippen molar-refractivity contribution in [2.75, 3.05) is 6.61 Å². The van der Waals surface area contributed by atoms with E-state index in [0.717, 1.165) is 0 Å². The maximum absolute atomic E-state index is 12.1. The van der Waals surface area contributed by atoms with Crippen molar-refractivity contribution < 1.29 is 32.8 Å². The van der Waals surface area contributed by atoms with Crippen LogP contribution in [-0.2, 0) is 4.74 Å². The van der Waals surface area contributed by atoms with Crippen LogP contribution >= 0.6 is 0 Å². The molecule has 0 aliphatic carbocycles. The third kappa shape index (κ3) is 4.59. The van der Waals surface area contributed by atoms with E-state index in [0.29, 0.717) is 0 Å². The molecule has 26 heavy (non-hydrogen) atoms. The molecular formula is C17H13F2NO6. The molecule has 2 rings (SSSR count). The zero-order valence-corrected chi connectivity index (χ0v) is 13.5. The van der Waals surface area contributed by atoms with Gasteiger partial charge in [-0.05, 0) is 37.3 Å². The summed E-state index contributed by atoms with van der Waals surface area (Å²) in [4.78, 5) is 34.4. The maximum atomic E-state index is 12.1. The Morgan fingerprint density at radius 1 is 1.15 bits per heavy atom. The predicted molar refractivity (Wildman–Crippen MR) is 85.5 cm³/mol. The molecule has 0 heterocycles. The molecule has 0 atom stereocenters. The molecule has 7 nitrogen and oxygen atoms in total. The van der Waals surface area contributed by atoms with E-state index in [1.54, 1.807) is 0 Å². The smallest absolute Gasteiger partial charge is 0.387 e. The summed E-state index contributed by atoms with van der Waals surface area (Å²) in [6.45, 7) is -2.16. The van der Waals surface area contributed by atoms with Crippen molar-refractivity contribution in [3.05, 3.63) is 69.3 Å². The second-order valence-electron chi connectivity index (χ2n) is 5.13. The Kier molecular flexibility index (Phi) is 5.94. The van der Waals surface area contributed by atoms with E-state index in [1.807, 2.05) is 0 Å². The Morgan fingerprint density at radius 3 is 2.38 bits per heavy atom. The van der Waals surface area contributed by atoms with Crippen LogP contribution in [0.25, 0.3) is 0 Å². The number of carbonyl (C=O) groups is 2. The number of nitro benzene ring substituents is 1. The molecule has 0 amide bonds. The molecule has 0 aliphatic heterocycles. The van der Waals surface area contributed by atoms with Gasteiger partial charge in [-0.25, -0.2) is 4.79 Å². The number of halogens is 2. The minimum atomic E-state index is -2.98. The van der Waals surface area contributed by atoms with Crippen LogP contribution < -0.4 is 4.74 Å². The number of nitro groups is 1. The van der Waals surface area contributed by atoms with Crippen molar-refractivity contribution in [2.45, 2.75) is 13.5 Å². The highest BCUT2D eigenvalue weighted by Gasteiger charge is 2.24. The molecule has 2 aromatic rings. The number of alkyl halides is 2. The average molecular weight is 365 g/mol. The SMILES string of the molecule is Cc1cccc(C(=O)OCC(=O)c2ccc(OC(F)F)cc2)c1[N+](=O)[O-]. The van der Waals surface area contributed by atoms with E-state index in [2.05, 4.69) is 4.74 Å². The number of nitrogens with zero attached hydrogens (tertiary/aromatic N) is 1. The first-order valence-corrected chi connectivity index (χ1v) is 7.29. The third-order valence-electron chi connectivity index (χ3n) is 3.38. The van der Waals surface area contributed by atoms with E-state index >= 15 is 0 Å². The largest absolute Gasteiger partial charge is 0.454 e. The number of ketones is 1. The number of ether oxygens (including phenoxy) is 2. The van der Waals surface area contributed by atoms with Crippen molar-refractivity contribution in [3.8, 4) is 5.75 Å². The average Bonchev–Trinajstić information content (AvgIpc) is 2.59. The molecule has 0 saturated heterocycles. The summed E-state index contributed by atoms with van der Waals surface area (Å²) in [5.74, 6) is -1.73. The molecular weight excluding hydrogens is 352 g/mol. The Morgan fingerprint density at radius 2 is 1.81 bits per heavy atom. The first-order chi connectivity index (χ1) is 12.3. The summed E-state index contributed by atoms with van der Waals surface area (Å²) in [6.07, 6.45) is 0. The number of carbonyl (C=O) groups excluding carboxylic acids is 2. The van der Waals surface area contributed by atoms with Crippen molar-refractivity contribution in [3.63, 3.8) is 0 Å². The van der Waals surface area contributed by atoms with Gasteiger partial charge in [-0.1, -0.05) is 12.1 Å². The van der Waals surface area contributed by atoms with E-state index in [1.165, 1.54) is 49.4 Å². The van der Waals surface area contributed by atoms with E-state index < -0.39 is 35.6 Å². The number of hydrogen-bond acceptors (Lipinski definition) is 6. The lowest BCUT2D eigenvalue weighted by Gasteiger charge is -2.07. The predicted octanol–water partition coefficient (Wildman–Crippen LogP) is 3.54. The summed E-state index contributed by atoms with van der Waals surface area (Å²) >= 11 is 0. The lowest BCUT2D eigenvalue weighted by atomic mass is 10.1. The number of aryl methyl sites for hydroxylation is 1. The molecule has 0 bridgehead atoms.